The number of hydrogen-bond donors (Lipinski definition) is 1. The Morgan fingerprint density at radius 3 is 3.00 bits per heavy atom. The van der Waals surface area contributed by atoms with Crippen LogP contribution in [0.25, 0.3) is 0 Å². The van der Waals surface area contributed by atoms with Gasteiger partial charge in [0.15, 0.2) is 5.82 Å². The number of hydrogen-bond acceptors (Lipinski definition) is 4. The lowest BCUT2D eigenvalue weighted by Crippen LogP contribution is -2.37. The van der Waals surface area contributed by atoms with Gasteiger partial charge in [0, 0.05) is 6.07 Å². The van der Waals surface area contributed by atoms with Crippen molar-refractivity contribution < 1.29 is 14.3 Å². The second-order valence-corrected chi connectivity index (χ2v) is 3.99. The zero-order valence-electron chi connectivity index (χ0n) is 9.64. The first-order valence-electron chi connectivity index (χ1n) is 5.28. The van der Waals surface area contributed by atoms with E-state index in [0.717, 1.165) is 0 Å². The van der Waals surface area contributed by atoms with E-state index in [-0.39, 0.29) is 18.6 Å². The van der Waals surface area contributed by atoms with Crippen molar-refractivity contribution in [2.75, 3.05) is 16.8 Å². The number of carbonyl (C=O) groups is 2. The van der Waals surface area contributed by atoms with Gasteiger partial charge >= 0.3 is 0 Å². The molecule has 17 heavy (non-hydrogen) atoms. The number of rotatable bonds is 3. The Labute approximate surface area is 98.6 Å². The molecule has 0 saturated carbocycles. The molecule has 6 heteroatoms. The van der Waals surface area contributed by atoms with Crippen molar-refractivity contribution in [3.8, 4) is 5.75 Å². The highest BCUT2D eigenvalue weighted by Gasteiger charge is 2.23. The lowest BCUT2D eigenvalue weighted by atomic mass is 10.3. The van der Waals surface area contributed by atoms with Crippen LogP contribution in [0.2, 0.25) is 0 Å². The maximum Gasteiger partial charge on any atom is 0.244 e. The highest BCUT2D eigenvalue weighted by Crippen LogP contribution is 2.29. The van der Waals surface area contributed by atoms with Crippen molar-refractivity contribution in [2.45, 2.75) is 20.0 Å². The molecule has 2 rings (SSSR count). The third-order valence-corrected chi connectivity index (χ3v) is 2.20. The maximum atomic E-state index is 11.3. The van der Waals surface area contributed by atoms with E-state index in [9.17, 15) is 9.59 Å². The van der Waals surface area contributed by atoms with Crippen LogP contribution in [0.4, 0.5) is 11.5 Å². The number of nitrogens with one attached hydrogen (secondary N) is 1. The number of pyridine rings is 1. The van der Waals surface area contributed by atoms with Crippen LogP contribution in [0, 0.1) is 0 Å². The Balaban J connectivity index is 2.34. The molecule has 2 heterocycles. The van der Waals surface area contributed by atoms with Gasteiger partial charge in [0.05, 0.1) is 18.0 Å². The number of fused-ring (bicyclic) bond motifs is 1. The lowest BCUT2D eigenvalue weighted by molar-refractivity contribution is -0.117. The standard InChI is InChI=1S/C11H13N3O3/c1-7(2)17-8-3-9-11(12-4-8)14(6-15)5-10(16)13-9/h3-4,6-7H,5H2,1-2H3,(H,13,16). The topological polar surface area (TPSA) is 71.5 Å². The van der Waals surface area contributed by atoms with Crippen LogP contribution >= 0.6 is 0 Å². The van der Waals surface area contributed by atoms with Gasteiger partial charge in [-0.25, -0.2) is 4.98 Å². The van der Waals surface area contributed by atoms with E-state index in [4.69, 9.17) is 4.74 Å². The number of nitrogens with zero attached hydrogens (tertiary/aromatic N) is 2. The summed E-state index contributed by atoms with van der Waals surface area (Å²) in [6, 6.07) is 1.66. The van der Waals surface area contributed by atoms with Gasteiger partial charge in [0.2, 0.25) is 12.3 Å². The van der Waals surface area contributed by atoms with Crippen molar-refractivity contribution >= 4 is 23.8 Å². The van der Waals surface area contributed by atoms with Crippen LogP contribution in [-0.2, 0) is 9.59 Å². The van der Waals surface area contributed by atoms with Crippen LogP contribution in [-0.4, -0.2) is 29.9 Å². The lowest BCUT2D eigenvalue weighted by Gasteiger charge is -2.25. The van der Waals surface area contributed by atoms with Crippen LogP contribution < -0.4 is 15.0 Å². The first kappa shape index (κ1) is 11.4. The zero-order valence-corrected chi connectivity index (χ0v) is 9.64. The summed E-state index contributed by atoms with van der Waals surface area (Å²) in [6.07, 6.45) is 2.15. The van der Waals surface area contributed by atoms with Crippen molar-refractivity contribution in [1.82, 2.24) is 4.98 Å². The summed E-state index contributed by atoms with van der Waals surface area (Å²) in [6.45, 7) is 3.79. The Morgan fingerprint density at radius 1 is 1.59 bits per heavy atom. The summed E-state index contributed by atoms with van der Waals surface area (Å²) in [5.74, 6) is 0.760. The predicted octanol–water partition coefficient (Wildman–Crippen LogP) is 0.784. The third-order valence-electron chi connectivity index (χ3n) is 2.20. The number of amides is 2. The fraction of sp³-hybridized carbons (Fsp3) is 0.364. The molecule has 1 aromatic rings. The predicted molar refractivity (Wildman–Crippen MR) is 62.0 cm³/mol. The Hall–Kier alpha value is -2.11. The summed E-state index contributed by atoms with van der Waals surface area (Å²) in [5, 5.41) is 2.66. The number of aromatic nitrogens is 1. The Morgan fingerprint density at radius 2 is 2.35 bits per heavy atom. The highest BCUT2D eigenvalue weighted by atomic mass is 16.5. The van der Waals surface area contributed by atoms with Gasteiger partial charge in [-0.05, 0) is 13.8 Å². The van der Waals surface area contributed by atoms with Gasteiger partial charge < -0.3 is 10.1 Å². The minimum atomic E-state index is -0.243. The van der Waals surface area contributed by atoms with Gasteiger partial charge in [0.25, 0.3) is 0 Å². The summed E-state index contributed by atoms with van der Waals surface area (Å²) in [5.41, 5.74) is 0.492. The fourth-order valence-corrected chi connectivity index (χ4v) is 1.60. The molecular weight excluding hydrogens is 222 g/mol. The highest BCUT2D eigenvalue weighted by molar-refractivity contribution is 6.04. The number of carbonyl (C=O) groups excluding carboxylic acids is 2. The Bertz CT molecular complexity index is 459. The van der Waals surface area contributed by atoms with Gasteiger partial charge in [-0.2, -0.15) is 0 Å². The summed E-state index contributed by atoms with van der Waals surface area (Å²) < 4.78 is 5.46. The van der Waals surface area contributed by atoms with Gasteiger partial charge in [0.1, 0.15) is 12.3 Å². The Kier molecular flexibility index (Phi) is 2.95. The van der Waals surface area contributed by atoms with Crippen molar-refractivity contribution in [3.63, 3.8) is 0 Å². The molecule has 0 spiro atoms. The smallest absolute Gasteiger partial charge is 0.244 e. The molecule has 1 N–H and O–H groups in total. The average molecular weight is 235 g/mol. The van der Waals surface area contributed by atoms with E-state index < -0.39 is 0 Å². The maximum absolute atomic E-state index is 11.3. The molecule has 2 amide bonds. The number of ether oxygens (including phenoxy) is 1. The van der Waals surface area contributed by atoms with E-state index in [1.165, 1.54) is 11.1 Å². The quantitative estimate of drug-likeness (QED) is 0.786. The summed E-state index contributed by atoms with van der Waals surface area (Å²) in [7, 11) is 0. The summed E-state index contributed by atoms with van der Waals surface area (Å²) >= 11 is 0. The zero-order chi connectivity index (χ0) is 12.4. The van der Waals surface area contributed by atoms with Crippen molar-refractivity contribution in [2.24, 2.45) is 0 Å². The minimum Gasteiger partial charge on any atom is -0.489 e. The van der Waals surface area contributed by atoms with Crippen LogP contribution in [0.1, 0.15) is 13.8 Å². The molecule has 0 unspecified atom stereocenters. The second-order valence-electron chi connectivity index (χ2n) is 3.99. The van der Waals surface area contributed by atoms with Gasteiger partial charge in [-0.15, -0.1) is 0 Å². The second kappa shape index (κ2) is 4.40. The molecule has 90 valence electrons. The van der Waals surface area contributed by atoms with Crippen molar-refractivity contribution in [1.29, 1.82) is 0 Å². The van der Waals surface area contributed by atoms with E-state index in [0.29, 0.717) is 23.7 Å². The van der Waals surface area contributed by atoms with Gasteiger partial charge in [-0.1, -0.05) is 0 Å². The molecule has 1 aliphatic rings. The molecule has 0 aromatic carbocycles. The minimum absolute atomic E-state index is 0.00607. The molecule has 6 nitrogen and oxygen atoms in total. The summed E-state index contributed by atoms with van der Waals surface area (Å²) in [4.78, 5) is 27.5. The first-order chi connectivity index (χ1) is 8.10. The molecule has 0 atom stereocenters. The molecule has 0 fully saturated rings. The van der Waals surface area contributed by atoms with E-state index in [1.807, 2.05) is 13.8 Å². The first-order valence-corrected chi connectivity index (χ1v) is 5.28. The molecule has 0 radical (unpaired) electrons. The molecular formula is C11H13N3O3. The molecule has 0 aliphatic carbocycles. The SMILES string of the molecule is CC(C)Oc1cnc2c(c1)NC(=O)CN2C=O. The van der Waals surface area contributed by atoms with E-state index in [2.05, 4.69) is 10.3 Å². The normalized spacial score (nSPS) is 14.3. The average Bonchev–Trinajstić information content (AvgIpc) is 2.26. The molecule has 1 aromatic heterocycles. The van der Waals surface area contributed by atoms with Crippen LogP contribution in [0.5, 0.6) is 5.75 Å². The molecule has 0 bridgehead atoms. The third kappa shape index (κ3) is 2.35. The van der Waals surface area contributed by atoms with Gasteiger partial charge in [-0.3, -0.25) is 14.5 Å². The van der Waals surface area contributed by atoms with Crippen LogP contribution in [0.3, 0.4) is 0 Å². The molecule has 0 saturated heterocycles. The largest absolute Gasteiger partial charge is 0.489 e. The van der Waals surface area contributed by atoms with Crippen molar-refractivity contribution in [3.05, 3.63) is 12.3 Å². The fourth-order valence-electron chi connectivity index (χ4n) is 1.60. The van der Waals surface area contributed by atoms with E-state index >= 15 is 0 Å². The monoisotopic (exact) mass is 235 g/mol. The number of anilines is 2. The van der Waals surface area contributed by atoms with E-state index in [1.54, 1.807) is 6.07 Å². The van der Waals surface area contributed by atoms with Crippen LogP contribution in [0.15, 0.2) is 12.3 Å². The molecule has 1 aliphatic heterocycles.